The van der Waals surface area contributed by atoms with E-state index >= 15 is 0 Å². The molecule has 5 heteroatoms. The molecule has 0 fully saturated rings. The van der Waals surface area contributed by atoms with E-state index in [-0.39, 0.29) is 6.42 Å². The van der Waals surface area contributed by atoms with Gasteiger partial charge in [-0.15, -0.1) is 0 Å². The van der Waals surface area contributed by atoms with Crippen LogP contribution in [0.3, 0.4) is 0 Å². The van der Waals surface area contributed by atoms with E-state index in [0.29, 0.717) is 23.7 Å². The van der Waals surface area contributed by atoms with Crippen LogP contribution in [0.2, 0.25) is 5.02 Å². The zero-order valence-electron chi connectivity index (χ0n) is 11.3. The molecule has 21 heavy (non-hydrogen) atoms. The van der Waals surface area contributed by atoms with E-state index in [1.54, 1.807) is 12.1 Å². The minimum atomic E-state index is -0.882. The van der Waals surface area contributed by atoms with Crippen molar-refractivity contribution in [1.29, 1.82) is 0 Å². The Morgan fingerprint density at radius 2 is 1.90 bits per heavy atom. The molecule has 0 heterocycles. The highest BCUT2D eigenvalue weighted by Crippen LogP contribution is 2.20. The molecule has 2 aromatic carbocycles. The van der Waals surface area contributed by atoms with E-state index in [2.05, 4.69) is 0 Å². The molecule has 0 bridgehead atoms. The van der Waals surface area contributed by atoms with Crippen molar-refractivity contribution in [2.24, 2.45) is 0 Å². The predicted octanol–water partition coefficient (Wildman–Crippen LogP) is 3.96. The molecule has 0 aromatic heterocycles. The molecule has 0 aliphatic carbocycles. The first-order valence-corrected chi connectivity index (χ1v) is 6.90. The van der Waals surface area contributed by atoms with Crippen LogP contribution in [0.4, 0.5) is 10.1 Å². The number of para-hydroxylation sites is 1. The highest BCUT2D eigenvalue weighted by Gasteiger charge is 2.12. The quantitative estimate of drug-likeness (QED) is 0.878. The van der Waals surface area contributed by atoms with Gasteiger partial charge in [-0.3, -0.25) is 4.79 Å². The molecule has 0 aliphatic rings. The number of benzene rings is 2. The zero-order chi connectivity index (χ0) is 15.2. The first-order chi connectivity index (χ1) is 10.1. The molecule has 1 N–H and O–H groups in total. The standard InChI is InChI=1S/C16H15ClFNO2/c17-13-7-6-12(15(18)10-13)11-19(9-8-16(20)21)14-4-2-1-3-5-14/h1-7,10H,8-9,11H2,(H,20,21). The van der Waals surface area contributed by atoms with Crippen molar-refractivity contribution < 1.29 is 14.3 Å². The van der Waals surface area contributed by atoms with Crippen molar-refractivity contribution >= 4 is 23.3 Å². The van der Waals surface area contributed by atoms with Gasteiger partial charge in [0.1, 0.15) is 5.82 Å². The maximum absolute atomic E-state index is 13.9. The zero-order valence-corrected chi connectivity index (χ0v) is 12.1. The summed E-state index contributed by atoms with van der Waals surface area (Å²) in [7, 11) is 0. The molecule has 2 aromatic rings. The summed E-state index contributed by atoms with van der Waals surface area (Å²) in [4.78, 5) is 12.6. The molecule has 0 amide bonds. The van der Waals surface area contributed by atoms with Crippen LogP contribution < -0.4 is 4.90 Å². The predicted molar refractivity (Wildman–Crippen MR) is 81.2 cm³/mol. The maximum Gasteiger partial charge on any atom is 0.305 e. The fourth-order valence-corrected chi connectivity index (χ4v) is 2.18. The summed E-state index contributed by atoms with van der Waals surface area (Å²) in [5.41, 5.74) is 1.33. The number of carbonyl (C=O) groups is 1. The second-order valence-electron chi connectivity index (χ2n) is 4.64. The molecule has 0 unspecified atom stereocenters. The maximum atomic E-state index is 13.9. The van der Waals surface area contributed by atoms with Crippen LogP contribution in [0.25, 0.3) is 0 Å². The lowest BCUT2D eigenvalue weighted by molar-refractivity contribution is -0.136. The van der Waals surface area contributed by atoms with Crippen LogP contribution in [0.5, 0.6) is 0 Å². The Labute approximate surface area is 127 Å². The molecule has 110 valence electrons. The molecule has 0 atom stereocenters. The van der Waals surface area contributed by atoms with Crippen molar-refractivity contribution in [2.45, 2.75) is 13.0 Å². The van der Waals surface area contributed by atoms with Crippen molar-refractivity contribution in [3.05, 3.63) is 64.9 Å². The normalized spacial score (nSPS) is 10.4. The highest BCUT2D eigenvalue weighted by molar-refractivity contribution is 6.30. The van der Waals surface area contributed by atoms with E-state index < -0.39 is 11.8 Å². The van der Waals surface area contributed by atoms with Crippen LogP contribution >= 0.6 is 11.6 Å². The number of carboxylic acids is 1. The van der Waals surface area contributed by atoms with E-state index in [4.69, 9.17) is 16.7 Å². The Bertz CT molecular complexity index is 619. The number of halogens is 2. The average Bonchev–Trinajstić information content (AvgIpc) is 2.46. The second-order valence-corrected chi connectivity index (χ2v) is 5.07. The average molecular weight is 308 g/mol. The Balaban J connectivity index is 2.21. The summed E-state index contributed by atoms with van der Waals surface area (Å²) in [6, 6.07) is 13.8. The van der Waals surface area contributed by atoms with Crippen LogP contribution in [-0.2, 0) is 11.3 Å². The molecule has 0 saturated carbocycles. The van der Waals surface area contributed by atoms with E-state index in [1.807, 2.05) is 35.2 Å². The van der Waals surface area contributed by atoms with Crippen LogP contribution in [-0.4, -0.2) is 17.6 Å². The number of aliphatic carboxylic acids is 1. The fraction of sp³-hybridized carbons (Fsp3) is 0.188. The summed E-state index contributed by atoms with van der Waals surface area (Å²) in [6.45, 7) is 0.599. The van der Waals surface area contributed by atoms with Crippen molar-refractivity contribution in [3.8, 4) is 0 Å². The van der Waals surface area contributed by atoms with Gasteiger partial charge in [0, 0.05) is 29.4 Å². The lowest BCUT2D eigenvalue weighted by atomic mass is 10.1. The van der Waals surface area contributed by atoms with Gasteiger partial charge in [-0.2, -0.15) is 0 Å². The Morgan fingerprint density at radius 3 is 2.52 bits per heavy atom. The third-order valence-corrected chi connectivity index (χ3v) is 3.33. The van der Waals surface area contributed by atoms with Gasteiger partial charge in [0.25, 0.3) is 0 Å². The molecule has 0 aliphatic heterocycles. The third kappa shape index (κ3) is 4.46. The first-order valence-electron chi connectivity index (χ1n) is 6.52. The topological polar surface area (TPSA) is 40.5 Å². The van der Waals surface area contributed by atoms with E-state index in [0.717, 1.165) is 5.69 Å². The monoisotopic (exact) mass is 307 g/mol. The number of anilines is 1. The SMILES string of the molecule is O=C(O)CCN(Cc1ccc(Cl)cc1F)c1ccccc1. The summed E-state index contributed by atoms with van der Waals surface area (Å²) in [6.07, 6.45) is -0.00982. The van der Waals surface area contributed by atoms with Crippen molar-refractivity contribution in [1.82, 2.24) is 0 Å². The van der Waals surface area contributed by atoms with Crippen LogP contribution in [0.15, 0.2) is 48.5 Å². The number of nitrogens with zero attached hydrogens (tertiary/aromatic N) is 1. The third-order valence-electron chi connectivity index (χ3n) is 3.09. The molecule has 0 spiro atoms. The largest absolute Gasteiger partial charge is 0.481 e. The van der Waals surface area contributed by atoms with Gasteiger partial charge >= 0.3 is 5.97 Å². The highest BCUT2D eigenvalue weighted by atomic mass is 35.5. The number of rotatable bonds is 6. The van der Waals surface area contributed by atoms with Crippen molar-refractivity contribution in [2.75, 3.05) is 11.4 Å². The van der Waals surface area contributed by atoms with Gasteiger partial charge in [-0.1, -0.05) is 35.9 Å². The lowest BCUT2D eigenvalue weighted by Gasteiger charge is -2.24. The van der Waals surface area contributed by atoms with Gasteiger partial charge in [-0.05, 0) is 24.3 Å². The van der Waals surface area contributed by atoms with E-state index in [9.17, 15) is 9.18 Å². The summed E-state index contributed by atoms with van der Waals surface area (Å²) in [5.74, 6) is -1.27. The second kappa shape index (κ2) is 7.09. The number of hydrogen-bond donors (Lipinski definition) is 1. The Kier molecular flexibility index (Phi) is 5.17. The van der Waals surface area contributed by atoms with E-state index in [1.165, 1.54) is 6.07 Å². The van der Waals surface area contributed by atoms with Gasteiger partial charge in [0.2, 0.25) is 0 Å². The van der Waals surface area contributed by atoms with Gasteiger partial charge < -0.3 is 10.0 Å². The molecular weight excluding hydrogens is 293 g/mol. The van der Waals surface area contributed by atoms with Gasteiger partial charge in [0.15, 0.2) is 0 Å². The lowest BCUT2D eigenvalue weighted by Crippen LogP contribution is -2.26. The summed E-state index contributed by atoms with van der Waals surface area (Å²) in [5, 5.41) is 9.19. The molecule has 0 radical (unpaired) electrons. The van der Waals surface area contributed by atoms with Crippen LogP contribution in [0.1, 0.15) is 12.0 Å². The summed E-state index contributed by atoms with van der Waals surface area (Å²) >= 11 is 5.74. The Hall–Kier alpha value is -2.07. The molecular formula is C16H15ClFNO2. The summed E-state index contributed by atoms with van der Waals surface area (Å²) < 4.78 is 13.9. The van der Waals surface area contributed by atoms with Gasteiger partial charge in [-0.25, -0.2) is 4.39 Å². The number of hydrogen-bond acceptors (Lipinski definition) is 2. The number of carboxylic acid groups (broad SMARTS) is 1. The molecule has 0 saturated heterocycles. The van der Waals surface area contributed by atoms with Crippen LogP contribution in [0, 0.1) is 5.82 Å². The fourth-order valence-electron chi connectivity index (χ4n) is 2.02. The minimum Gasteiger partial charge on any atom is -0.481 e. The minimum absolute atomic E-state index is 0.00982. The molecule has 2 rings (SSSR count). The van der Waals surface area contributed by atoms with Crippen molar-refractivity contribution in [3.63, 3.8) is 0 Å². The smallest absolute Gasteiger partial charge is 0.305 e. The van der Waals surface area contributed by atoms with Gasteiger partial charge in [0.05, 0.1) is 6.42 Å². The Morgan fingerprint density at radius 1 is 1.19 bits per heavy atom. The molecule has 3 nitrogen and oxygen atoms in total. The first kappa shape index (κ1) is 15.3.